The van der Waals surface area contributed by atoms with Crippen molar-refractivity contribution >= 4 is 19.8 Å². The molecule has 0 spiro atoms. The molecule has 0 saturated heterocycles. The van der Waals surface area contributed by atoms with Gasteiger partial charge in [-0.3, -0.25) is 18.6 Å². The summed E-state index contributed by atoms with van der Waals surface area (Å²) in [6.07, 6.45) is 31.8. The molecule has 0 saturated carbocycles. The van der Waals surface area contributed by atoms with E-state index in [2.05, 4.69) is 50.3 Å². The third-order valence-electron chi connectivity index (χ3n) is 7.03. The molecular formula is C35H64NO8P. The van der Waals surface area contributed by atoms with E-state index in [0.29, 0.717) is 12.8 Å². The molecule has 262 valence electrons. The van der Waals surface area contributed by atoms with Crippen LogP contribution < -0.4 is 5.73 Å². The molecule has 0 bridgehead atoms. The number of rotatable bonds is 32. The normalized spacial score (nSPS) is 14.0. The number of esters is 2. The molecule has 0 aromatic rings. The first-order valence-electron chi connectivity index (χ1n) is 17.5. The molecule has 0 aromatic carbocycles. The lowest BCUT2D eigenvalue weighted by Crippen LogP contribution is -2.29. The Morgan fingerprint density at radius 3 is 1.76 bits per heavy atom. The highest BCUT2D eigenvalue weighted by Gasteiger charge is 2.25. The van der Waals surface area contributed by atoms with Crippen LogP contribution in [-0.2, 0) is 32.7 Å². The molecule has 45 heavy (non-hydrogen) atoms. The SMILES string of the molecule is CCCCC/C=C/C/C=C/C/C=C/CCCCC(=O)OC[C@@H](COP(=O)(O)OCCN)OC(=O)CCCCCCCCCCC. The topological polar surface area (TPSA) is 134 Å². The third-order valence-corrected chi connectivity index (χ3v) is 8.01. The van der Waals surface area contributed by atoms with Gasteiger partial charge in [0.25, 0.3) is 0 Å². The predicted molar refractivity (Wildman–Crippen MR) is 183 cm³/mol. The van der Waals surface area contributed by atoms with Crippen LogP contribution in [0, 0.1) is 0 Å². The molecule has 10 heteroatoms. The highest BCUT2D eigenvalue weighted by molar-refractivity contribution is 7.47. The van der Waals surface area contributed by atoms with Crippen molar-refractivity contribution in [3.8, 4) is 0 Å². The molecule has 0 aliphatic heterocycles. The quantitative estimate of drug-likeness (QED) is 0.0314. The van der Waals surface area contributed by atoms with E-state index in [0.717, 1.165) is 51.4 Å². The molecule has 0 rings (SSSR count). The first-order chi connectivity index (χ1) is 21.8. The second-order valence-corrected chi connectivity index (χ2v) is 12.8. The molecule has 0 heterocycles. The first kappa shape index (κ1) is 43.2. The van der Waals surface area contributed by atoms with E-state index < -0.39 is 32.5 Å². The number of phosphoric ester groups is 1. The van der Waals surface area contributed by atoms with Crippen LogP contribution >= 0.6 is 7.82 Å². The number of nitrogens with two attached hydrogens (primary N) is 1. The van der Waals surface area contributed by atoms with E-state index in [-0.39, 0.29) is 32.6 Å². The minimum Gasteiger partial charge on any atom is -0.462 e. The summed E-state index contributed by atoms with van der Waals surface area (Å²) in [5.41, 5.74) is 5.31. The van der Waals surface area contributed by atoms with Gasteiger partial charge >= 0.3 is 19.8 Å². The van der Waals surface area contributed by atoms with Crippen LogP contribution in [0.1, 0.15) is 142 Å². The maximum Gasteiger partial charge on any atom is 0.472 e. The summed E-state index contributed by atoms with van der Waals surface area (Å²) in [6.45, 7) is 3.60. The van der Waals surface area contributed by atoms with Crippen LogP contribution in [-0.4, -0.2) is 49.3 Å². The number of unbranched alkanes of at least 4 members (excludes halogenated alkanes) is 13. The second-order valence-electron chi connectivity index (χ2n) is 11.4. The second kappa shape index (κ2) is 32.2. The zero-order valence-electron chi connectivity index (χ0n) is 28.3. The lowest BCUT2D eigenvalue weighted by atomic mass is 10.1. The van der Waals surface area contributed by atoms with Crippen LogP contribution in [0.2, 0.25) is 0 Å². The lowest BCUT2D eigenvalue weighted by Gasteiger charge is -2.19. The van der Waals surface area contributed by atoms with Gasteiger partial charge in [-0.2, -0.15) is 0 Å². The van der Waals surface area contributed by atoms with E-state index in [1.165, 1.54) is 51.4 Å². The number of ether oxygens (including phenoxy) is 2. The number of carbonyl (C=O) groups excluding carboxylic acids is 2. The van der Waals surface area contributed by atoms with Gasteiger partial charge < -0.3 is 20.1 Å². The van der Waals surface area contributed by atoms with Gasteiger partial charge in [-0.05, 0) is 51.4 Å². The molecular weight excluding hydrogens is 593 g/mol. The van der Waals surface area contributed by atoms with Crippen LogP contribution in [0.15, 0.2) is 36.5 Å². The molecule has 1 unspecified atom stereocenters. The van der Waals surface area contributed by atoms with Gasteiger partial charge in [0.15, 0.2) is 6.10 Å². The molecule has 9 nitrogen and oxygen atoms in total. The summed E-state index contributed by atoms with van der Waals surface area (Å²) < 4.78 is 32.5. The summed E-state index contributed by atoms with van der Waals surface area (Å²) in [6, 6.07) is 0. The molecule has 0 fully saturated rings. The smallest absolute Gasteiger partial charge is 0.462 e. The number of hydrogen-bond donors (Lipinski definition) is 2. The summed E-state index contributed by atoms with van der Waals surface area (Å²) in [5.74, 6) is -0.880. The maximum atomic E-state index is 12.4. The van der Waals surface area contributed by atoms with Gasteiger partial charge in [0.1, 0.15) is 6.61 Å². The van der Waals surface area contributed by atoms with Crippen LogP contribution in [0.25, 0.3) is 0 Å². The minimum absolute atomic E-state index is 0.0483. The summed E-state index contributed by atoms with van der Waals surface area (Å²) >= 11 is 0. The zero-order chi connectivity index (χ0) is 33.3. The third kappa shape index (κ3) is 32.0. The van der Waals surface area contributed by atoms with Crippen LogP contribution in [0.4, 0.5) is 0 Å². The Hall–Kier alpha value is -1.77. The maximum absolute atomic E-state index is 12.4. The van der Waals surface area contributed by atoms with E-state index in [1.54, 1.807) is 0 Å². The fraction of sp³-hybridized carbons (Fsp3) is 0.771. The van der Waals surface area contributed by atoms with Crippen molar-refractivity contribution in [1.82, 2.24) is 0 Å². The monoisotopic (exact) mass is 657 g/mol. The number of allylic oxidation sites excluding steroid dienone is 6. The average molecular weight is 658 g/mol. The van der Waals surface area contributed by atoms with E-state index in [1.807, 2.05) is 0 Å². The Labute approximate surface area is 274 Å². The van der Waals surface area contributed by atoms with Crippen molar-refractivity contribution < 1.29 is 37.6 Å². The lowest BCUT2D eigenvalue weighted by molar-refractivity contribution is -0.161. The Balaban J connectivity index is 4.32. The zero-order valence-corrected chi connectivity index (χ0v) is 29.2. The Bertz CT molecular complexity index is 846. The number of carbonyl (C=O) groups is 2. The first-order valence-corrected chi connectivity index (χ1v) is 19.0. The molecule has 0 amide bonds. The Kier molecular flexibility index (Phi) is 30.9. The fourth-order valence-electron chi connectivity index (χ4n) is 4.40. The van der Waals surface area contributed by atoms with Gasteiger partial charge in [-0.1, -0.05) is 115 Å². The minimum atomic E-state index is -4.37. The molecule has 2 atom stereocenters. The van der Waals surface area contributed by atoms with E-state index in [4.69, 9.17) is 24.3 Å². The Morgan fingerprint density at radius 1 is 0.667 bits per heavy atom. The van der Waals surface area contributed by atoms with E-state index in [9.17, 15) is 19.0 Å². The highest BCUT2D eigenvalue weighted by Crippen LogP contribution is 2.43. The molecule has 0 radical (unpaired) electrons. The largest absolute Gasteiger partial charge is 0.472 e. The van der Waals surface area contributed by atoms with Gasteiger partial charge in [-0.15, -0.1) is 0 Å². The van der Waals surface area contributed by atoms with Crippen molar-refractivity contribution in [2.75, 3.05) is 26.4 Å². The van der Waals surface area contributed by atoms with Crippen molar-refractivity contribution in [3.63, 3.8) is 0 Å². The fourth-order valence-corrected chi connectivity index (χ4v) is 5.17. The average Bonchev–Trinajstić information content (AvgIpc) is 3.02. The van der Waals surface area contributed by atoms with Crippen LogP contribution in [0.5, 0.6) is 0 Å². The van der Waals surface area contributed by atoms with Gasteiger partial charge in [-0.25, -0.2) is 4.57 Å². The molecule has 0 aliphatic rings. The van der Waals surface area contributed by atoms with Crippen LogP contribution in [0.3, 0.4) is 0 Å². The molecule has 0 aromatic heterocycles. The van der Waals surface area contributed by atoms with Crippen molar-refractivity contribution in [2.45, 2.75) is 148 Å². The van der Waals surface area contributed by atoms with Gasteiger partial charge in [0, 0.05) is 19.4 Å². The number of hydrogen-bond acceptors (Lipinski definition) is 8. The molecule has 0 aliphatic carbocycles. The Morgan fingerprint density at radius 2 is 1.16 bits per heavy atom. The molecule has 3 N–H and O–H groups in total. The number of phosphoric acid groups is 1. The predicted octanol–water partition coefficient (Wildman–Crippen LogP) is 9.04. The van der Waals surface area contributed by atoms with Crippen molar-refractivity contribution in [3.05, 3.63) is 36.5 Å². The summed E-state index contributed by atoms with van der Waals surface area (Å²) in [7, 11) is -4.37. The van der Waals surface area contributed by atoms with Crippen molar-refractivity contribution in [2.24, 2.45) is 5.73 Å². The van der Waals surface area contributed by atoms with Gasteiger partial charge in [0.05, 0.1) is 13.2 Å². The van der Waals surface area contributed by atoms with E-state index >= 15 is 0 Å². The van der Waals surface area contributed by atoms with Crippen molar-refractivity contribution in [1.29, 1.82) is 0 Å². The highest BCUT2D eigenvalue weighted by atomic mass is 31.2. The van der Waals surface area contributed by atoms with Gasteiger partial charge in [0.2, 0.25) is 0 Å². The summed E-state index contributed by atoms with van der Waals surface area (Å²) in [5, 5.41) is 0. The standard InChI is InChI=1S/C35H64NO8P/c1-3-5-7-9-11-13-14-15-16-17-18-20-21-23-25-27-34(37)41-31-33(32-43-45(39,40)42-30-29-36)44-35(38)28-26-24-22-19-12-10-8-6-4-2/h11,13,15-16,18,20,33H,3-10,12,14,17,19,21-32,36H2,1-2H3,(H,39,40)/b13-11+,16-15+,20-18+/t33-/m0/s1. The summed E-state index contributed by atoms with van der Waals surface area (Å²) in [4.78, 5) is 34.5.